The summed E-state index contributed by atoms with van der Waals surface area (Å²) in [5, 5.41) is 6.82. The molecular weight excluding hydrogens is 230 g/mol. The smallest absolute Gasteiger partial charge is 0.255 e. The number of nitrogens with one attached hydrogen (secondary N) is 2. The van der Waals surface area contributed by atoms with Gasteiger partial charge in [0.25, 0.3) is 5.91 Å². The maximum atomic E-state index is 10.6. The first-order valence-corrected chi connectivity index (χ1v) is 6.22. The number of rotatable bonds is 5. The highest BCUT2D eigenvalue weighted by molar-refractivity contribution is 5.75. The number of carbonyl (C=O) groups is 1. The van der Waals surface area contributed by atoms with Gasteiger partial charge in [-0.25, -0.2) is 0 Å². The van der Waals surface area contributed by atoms with Gasteiger partial charge in [-0.2, -0.15) is 0 Å². The molecule has 0 spiro atoms. The number of primary amides is 1. The van der Waals surface area contributed by atoms with Gasteiger partial charge in [-0.15, -0.1) is 0 Å². The maximum Gasteiger partial charge on any atom is 0.255 e. The number of hydrogen-bond donors (Lipinski definition) is 3. The van der Waals surface area contributed by atoms with E-state index in [4.69, 9.17) is 10.5 Å². The second kappa shape index (κ2) is 6.26. The van der Waals surface area contributed by atoms with Crippen molar-refractivity contribution in [2.75, 3.05) is 25.0 Å². The largest absolute Gasteiger partial charge is 0.484 e. The number of carbonyl (C=O) groups excluding carboxylic acids is 1. The molecule has 1 aliphatic heterocycles. The molecule has 0 aromatic heterocycles. The van der Waals surface area contributed by atoms with E-state index in [1.165, 1.54) is 0 Å². The molecule has 1 aromatic rings. The van der Waals surface area contributed by atoms with Gasteiger partial charge in [0.15, 0.2) is 6.61 Å². The topological polar surface area (TPSA) is 76.4 Å². The zero-order valence-corrected chi connectivity index (χ0v) is 10.3. The summed E-state index contributed by atoms with van der Waals surface area (Å²) in [5.41, 5.74) is 6.09. The van der Waals surface area contributed by atoms with Gasteiger partial charge in [0.1, 0.15) is 5.75 Å². The minimum absolute atomic E-state index is 0.0823. The Balaban J connectivity index is 1.84. The Hall–Kier alpha value is -1.75. The second-order valence-electron chi connectivity index (χ2n) is 4.45. The third kappa shape index (κ3) is 3.92. The molecule has 0 unspecified atom stereocenters. The number of hydrogen-bond acceptors (Lipinski definition) is 4. The highest BCUT2D eigenvalue weighted by atomic mass is 16.5. The van der Waals surface area contributed by atoms with E-state index in [-0.39, 0.29) is 6.61 Å². The lowest BCUT2D eigenvalue weighted by Crippen LogP contribution is -2.35. The number of nitrogens with two attached hydrogens (primary N) is 1. The molecule has 1 aromatic carbocycles. The van der Waals surface area contributed by atoms with Crippen LogP contribution in [0.25, 0.3) is 0 Å². The van der Waals surface area contributed by atoms with E-state index in [1.807, 2.05) is 24.3 Å². The average Bonchev–Trinajstić information content (AvgIpc) is 2.39. The Labute approximate surface area is 107 Å². The summed E-state index contributed by atoms with van der Waals surface area (Å²) in [6.07, 6.45) is 2.28. The van der Waals surface area contributed by atoms with Crippen molar-refractivity contribution in [1.29, 1.82) is 0 Å². The summed E-state index contributed by atoms with van der Waals surface area (Å²) in [5.74, 6) is 0.191. The van der Waals surface area contributed by atoms with Gasteiger partial charge in [-0.05, 0) is 50.2 Å². The molecule has 1 amide bonds. The summed E-state index contributed by atoms with van der Waals surface area (Å²) in [7, 11) is 0. The predicted octanol–water partition coefficient (Wildman–Crippen LogP) is 0.715. The van der Waals surface area contributed by atoms with Crippen molar-refractivity contribution in [2.45, 2.75) is 18.9 Å². The van der Waals surface area contributed by atoms with E-state index in [2.05, 4.69) is 10.6 Å². The van der Waals surface area contributed by atoms with Crippen LogP contribution in [-0.2, 0) is 4.79 Å². The second-order valence-corrected chi connectivity index (χ2v) is 4.45. The summed E-state index contributed by atoms with van der Waals surface area (Å²) in [6.45, 7) is 2.05. The molecule has 5 heteroatoms. The van der Waals surface area contributed by atoms with Gasteiger partial charge in [-0.3, -0.25) is 4.79 Å². The number of anilines is 1. The summed E-state index contributed by atoms with van der Waals surface area (Å²) < 4.78 is 5.20. The van der Waals surface area contributed by atoms with Gasteiger partial charge >= 0.3 is 0 Å². The quantitative estimate of drug-likeness (QED) is 0.718. The molecule has 0 atom stereocenters. The Kier molecular flexibility index (Phi) is 4.41. The number of ether oxygens (including phenoxy) is 1. The molecule has 1 heterocycles. The molecule has 4 N–H and O–H groups in total. The molecule has 2 rings (SSSR count). The van der Waals surface area contributed by atoms with E-state index in [0.717, 1.165) is 31.6 Å². The predicted molar refractivity (Wildman–Crippen MR) is 70.6 cm³/mol. The van der Waals surface area contributed by atoms with Gasteiger partial charge in [0, 0.05) is 11.7 Å². The number of piperidine rings is 1. The molecule has 1 fully saturated rings. The van der Waals surface area contributed by atoms with Gasteiger partial charge in [0.05, 0.1) is 0 Å². The monoisotopic (exact) mass is 249 g/mol. The molecule has 0 bridgehead atoms. The molecule has 0 saturated carbocycles. The minimum atomic E-state index is -0.466. The summed E-state index contributed by atoms with van der Waals surface area (Å²) in [6, 6.07) is 8.12. The Morgan fingerprint density at radius 3 is 2.61 bits per heavy atom. The van der Waals surface area contributed by atoms with Crippen LogP contribution in [0.4, 0.5) is 5.69 Å². The van der Waals surface area contributed by atoms with Crippen molar-refractivity contribution in [3.8, 4) is 5.75 Å². The highest BCUT2D eigenvalue weighted by Crippen LogP contribution is 2.18. The van der Waals surface area contributed by atoms with Crippen molar-refractivity contribution < 1.29 is 9.53 Å². The van der Waals surface area contributed by atoms with Crippen LogP contribution in [0.1, 0.15) is 12.8 Å². The van der Waals surface area contributed by atoms with Gasteiger partial charge in [0.2, 0.25) is 0 Å². The fourth-order valence-electron chi connectivity index (χ4n) is 2.00. The van der Waals surface area contributed by atoms with E-state index >= 15 is 0 Å². The maximum absolute atomic E-state index is 10.6. The lowest BCUT2D eigenvalue weighted by Gasteiger charge is -2.24. The third-order valence-corrected chi connectivity index (χ3v) is 2.95. The van der Waals surface area contributed by atoms with Gasteiger partial charge in [-0.1, -0.05) is 0 Å². The molecule has 1 aliphatic rings. The minimum Gasteiger partial charge on any atom is -0.484 e. The lowest BCUT2D eigenvalue weighted by atomic mass is 10.1. The first-order chi connectivity index (χ1) is 8.74. The molecule has 0 aliphatic carbocycles. The zero-order valence-electron chi connectivity index (χ0n) is 10.3. The molecule has 5 nitrogen and oxygen atoms in total. The van der Waals surface area contributed by atoms with Crippen LogP contribution in [0.15, 0.2) is 24.3 Å². The van der Waals surface area contributed by atoms with Crippen LogP contribution in [0.3, 0.4) is 0 Å². The first kappa shape index (κ1) is 12.7. The average molecular weight is 249 g/mol. The SMILES string of the molecule is NC(=O)COc1ccc(NC2CCNCC2)cc1. The normalized spacial score (nSPS) is 16.2. The van der Waals surface area contributed by atoms with Crippen molar-refractivity contribution in [3.05, 3.63) is 24.3 Å². The standard InChI is InChI=1S/C13H19N3O2/c14-13(17)9-18-12-3-1-10(2-4-12)16-11-5-7-15-8-6-11/h1-4,11,15-16H,5-9H2,(H2,14,17). The molecule has 0 radical (unpaired) electrons. The van der Waals surface area contributed by atoms with E-state index < -0.39 is 5.91 Å². The first-order valence-electron chi connectivity index (χ1n) is 6.22. The van der Waals surface area contributed by atoms with Crippen LogP contribution in [0.5, 0.6) is 5.75 Å². The van der Waals surface area contributed by atoms with Crippen LogP contribution >= 0.6 is 0 Å². The van der Waals surface area contributed by atoms with E-state index in [0.29, 0.717) is 11.8 Å². The fraction of sp³-hybridized carbons (Fsp3) is 0.462. The van der Waals surface area contributed by atoms with Crippen LogP contribution in [0, 0.1) is 0 Å². The molecular formula is C13H19N3O2. The third-order valence-electron chi connectivity index (χ3n) is 2.95. The Bertz CT molecular complexity index is 386. The zero-order chi connectivity index (χ0) is 12.8. The van der Waals surface area contributed by atoms with Crippen molar-refractivity contribution in [3.63, 3.8) is 0 Å². The summed E-state index contributed by atoms with van der Waals surface area (Å²) in [4.78, 5) is 10.6. The van der Waals surface area contributed by atoms with E-state index in [9.17, 15) is 4.79 Å². The Morgan fingerprint density at radius 2 is 2.00 bits per heavy atom. The lowest BCUT2D eigenvalue weighted by molar-refractivity contribution is -0.119. The summed E-state index contributed by atoms with van der Waals surface area (Å²) >= 11 is 0. The van der Waals surface area contributed by atoms with Crippen LogP contribution in [-0.4, -0.2) is 31.6 Å². The number of amides is 1. The van der Waals surface area contributed by atoms with Crippen LogP contribution < -0.4 is 21.1 Å². The van der Waals surface area contributed by atoms with Crippen LogP contribution in [0.2, 0.25) is 0 Å². The highest BCUT2D eigenvalue weighted by Gasteiger charge is 2.12. The Morgan fingerprint density at radius 1 is 1.33 bits per heavy atom. The van der Waals surface area contributed by atoms with Gasteiger partial charge < -0.3 is 21.1 Å². The molecule has 18 heavy (non-hydrogen) atoms. The van der Waals surface area contributed by atoms with Crippen molar-refractivity contribution >= 4 is 11.6 Å². The fourth-order valence-corrected chi connectivity index (χ4v) is 2.00. The van der Waals surface area contributed by atoms with Crippen molar-refractivity contribution in [2.24, 2.45) is 5.73 Å². The van der Waals surface area contributed by atoms with E-state index in [1.54, 1.807) is 0 Å². The van der Waals surface area contributed by atoms with Crippen molar-refractivity contribution in [1.82, 2.24) is 5.32 Å². The number of benzene rings is 1. The molecule has 98 valence electrons. The molecule has 1 saturated heterocycles.